The van der Waals surface area contributed by atoms with E-state index in [-0.39, 0.29) is 17.4 Å². The van der Waals surface area contributed by atoms with E-state index in [9.17, 15) is 9.90 Å². The molecule has 3 aromatic carbocycles. The molecule has 1 amide bonds. The summed E-state index contributed by atoms with van der Waals surface area (Å²) in [5, 5.41) is 9.72. The highest BCUT2D eigenvalue weighted by Gasteiger charge is 2.45. The molecule has 0 spiro atoms. The number of hydrogen-bond donors (Lipinski definition) is 1. The van der Waals surface area contributed by atoms with Crippen LogP contribution in [0.3, 0.4) is 0 Å². The molecule has 5 nitrogen and oxygen atoms in total. The van der Waals surface area contributed by atoms with Crippen LogP contribution < -0.4 is 0 Å². The van der Waals surface area contributed by atoms with E-state index in [4.69, 9.17) is 9.47 Å². The number of rotatable bonds is 11. The van der Waals surface area contributed by atoms with Crippen LogP contribution in [0.4, 0.5) is 4.79 Å². The molecule has 3 aromatic rings. The summed E-state index contributed by atoms with van der Waals surface area (Å²) in [5.41, 5.74) is 6.57. The minimum absolute atomic E-state index is 0.152. The molecule has 1 aliphatic carbocycles. The quantitative estimate of drug-likeness (QED) is 0.286. The fraction of sp³-hybridized carbons (Fsp3) is 0.424. The summed E-state index contributed by atoms with van der Waals surface area (Å²) in [6.07, 6.45) is 5.13. The molecule has 2 aliphatic rings. The summed E-state index contributed by atoms with van der Waals surface area (Å²) in [6, 6.07) is 27.9. The van der Waals surface area contributed by atoms with Crippen molar-refractivity contribution in [1.29, 1.82) is 0 Å². The Morgan fingerprint density at radius 1 is 0.974 bits per heavy atom. The standard InChI is InChI=1S/C33H39NO4/c1-37-20-8-15-26-11-5-6-12-29(26)22-33(17-18-33)24-38-31-23-34(32(35)36)19-16-30(31)28-14-7-13-27(21-28)25-9-3-2-4-10-25/h2-7,9-14,21,30-31H,8,15-20,22-24H2,1H3,(H,35,36)/t30-,31?/m1/s1. The topological polar surface area (TPSA) is 59.0 Å². The highest BCUT2D eigenvalue weighted by molar-refractivity contribution is 5.66. The average Bonchev–Trinajstić information content (AvgIpc) is 3.73. The van der Waals surface area contributed by atoms with E-state index in [1.807, 2.05) is 6.07 Å². The van der Waals surface area contributed by atoms with E-state index < -0.39 is 6.09 Å². The van der Waals surface area contributed by atoms with Gasteiger partial charge in [0.25, 0.3) is 0 Å². The molecule has 0 radical (unpaired) electrons. The van der Waals surface area contributed by atoms with Crippen molar-refractivity contribution in [2.75, 3.05) is 33.4 Å². The van der Waals surface area contributed by atoms with Crippen LogP contribution in [0.2, 0.25) is 0 Å². The van der Waals surface area contributed by atoms with Gasteiger partial charge in [-0.25, -0.2) is 4.79 Å². The number of piperidine rings is 1. The number of hydrogen-bond acceptors (Lipinski definition) is 3. The summed E-state index contributed by atoms with van der Waals surface area (Å²) in [7, 11) is 1.75. The first-order valence-corrected chi connectivity index (χ1v) is 13.9. The molecule has 1 aliphatic heterocycles. The van der Waals surface area contributed by atoms with Crippen LogP contribution >= 0.6 is 0 Å². The maximum Gasteiger partial charge on any atom is 0.407 e. The van der Waals surface area contributed by atoms with Gasteiger partial charge in [0.05, 0.1) is 19.3 Å². The molecule has 2 atom stereocenters. The molecule has 1 saturated heterocycles. The van der Waals surface area contributed by atoms with Crippen molar-refractivity contribution >= 4 is 6.09 Å². The highest BCUT2D eigenvalue weighted by atomic mass is 16.5. The average molecular weight is 514 g/mol. The lowest BCUT2D eigenvalue weighted by molar-refractivity contribution is -0.0297. The summed E-state index contributed by atoms with van der Waals surface area (Å²) >= 11 is 0. The molecule has 1 N–H and O–H groups in total. The number of carbonyl (C=O) groups is 1. The molecule has 0 aromatic heterocycles. The fourth-order valence-corrected chi connectivity index (χ4v) is 5.84. The molecule has 1 unspecified atom stereocenters. The van der Waals surface area contributed by atoms with Crippen molar-refractivity contribution in [1.82, 2.24) is 4.90 Å². The zero-order valence-electron chi connectivity index (χ0n) is 22.4. The van der Waals surface area contributed by atoms with Crippen LogP contribution in [0.1, 0.15) is 48.3 Å². The Morgan fingerprint density at radius 3 is 2.45 bits per heavy atom. The maximum atomic E-state index is 11.8. The number of benzene rings is 3. The first-order valence-electron chi connectivity index (χ1n) is 13.9. The zero-order valence-corrected chi connectivity index (χ0v) is 22.4. The number of aryl methyl sites for hydroxylation is 1. The van der Waals surface area contributed by atoms with E-state index >= 15 is 0 Å². The third kappa shape index (κ3) is 6.46. The van der Waals surface area contributed by atoms with Crippen molar-refractivity contribution in [3.05, 3.63) is 95.6 Å². The maximum absolute atomic E-state index is 11.8. The van der Waals surface area contributed by atoms with Gasteiger partial charge in [-0.05, 0) is 71.8 Å². The normalized spacial score (nSPS) is 20.3. The van der Waals surface area contributed by atoms with Gasteiger partial charge >= 0.3 is 6.09 Å². The first-order chi connectivity index (χ1) is 18.6. The monoisotopic (exact) mass is 513 g/mol. The summed E-state index contributed by atoms with van der Waals surface area (Å²) < 4.78 is 11.9. The largest absolute Gasteiger partial charge is 0.465 e. The molecule has 1 heterocycles. The second-order valence-electron chi connectivity index (χ2n) is 11.0. The summed E-state index contributed by atoms with van der Waals surface area (Å²) in [6.45, 7) is 2.40. The first kappa shape index (κ1) is 26.5. The summed E-state index contributed by atoms with van der Waals surface area (Å²) in [5.74, 6) is 0.173. The predicted molar refractivity (Wildman–Crippen MR) is 151 cm³/mol. The van der Waals surface area contributed by atoms with E-state index in [1.54, 1.807) is 7.11 Å². The molecule has 200 valence electrons. The van der Waals surface area contributed by atoms with E-state index in [0.717, 1.165) is 45.1 Å². The van der Waals surface area contributed by atoms with Gasteiger partial charge < -0.3 is 19.5 Å². The van der Waals surface area contributed by atoms with Crippen molar-refractivity contribution in [3.63, 3.8) is 0 Å². The second-order valence-corrected chi connectivity index (χ2v) is 11.0. The Morgan fingerprint density at radius 2 is 1.71 bits per heavy atom. The Balaban J connectivity index is 1.30. The van der Waals surface area contributed by atoms with Crippen molar-refractivity contribution in [2.24, 2.45) is 5.41 Å². The number of likely N-dealkylation sites (tertiary alicyclic amines) is 1. The lowest BCUT2D eigenvalue weighted by Crippen LogP contribution is -2.47. The van der Waals surface area contributed by atoms with Gasteiger partial charge in [0.2, 0.25) is 0 Å². The molecular formula is C33H39NO4. The number of amides is 1. The summed E-state index contributed by atoms with van der Waals surface area (Å²) in [4.78, 5) is 13.4. The zero-order chi connectivity index (χ0) is 26.4. The van der Waals surface area contributed by atoms with E-state index in [2.05, 4.69) is 72.8 Å². The van der Waals surface area contributed by atoms with Crippen LogP contribution in [0, 0.1) is 5.41 Å². The Kier molecular flexibility index (Phi) is 8.45. The van der Waals surface area contributed by atoms with Gasteiger partial charge in [-0.15, -0.1) is 0 Å². The van der Waals surface area contributed by atoms with Crippen LogP contribution in [0.15, 0.2) is 78.9 Å². The number of carboxylic acid groups (broad SMARTS) is 1. The second kappa shape index (κ2) is 12.1. The van der Waals surface area contributed by atoms with Crippen LogP contribution in [-0.4, -0.2) is 55.6 Å². The minimum atomic E-state index is -0.860. The van der Waals surface area contributed by atoms with Gasteiger partial charge in [-0.3, -0.25) is 0 Å². The van der Waals surface area contributed by atoms with E-state index in [0.29, 0.717) is 19.7 Å². The Hall–Kier alpha value is -3.15. The molecule has 38 heavy (non-hydrogen) atoms. The van der Waals surface area contributed by atoms with Crippen molar-refractivity contribution in [3.8, 4) is 11.1 Å². The van der Waals surface area contributed by atoms with Crippen LogP contribution in [0.5, 0.6) is 0 Å². The third-order valence-corrected chi connectivity index (χ3v) is 8.29. The number of methoxy groups -OCH3 is 1. The molecule has 0 bridgehead atoms. The third-order valence-electron chi connectivity index (χ3n) is 8.29. The number of ether oxygens (including phenoxy) is 2. The Bertz CT molecular complexity index is 1210. The number of nitrogens with zero attached hydrogens (tertiary/aromatic N) is 1. The SMILES string of the molecule is COCCCc1ccccc1CC1(COC2CN(C(=O)O)CC[C@@H]2c2cccc(-c3ccccc3)c2)CC1. The van der Waals surface area contributed by atoms with Gasteiger partial charge in [0, 0.05) is 26.2 Å². The molecular weight excluding hydrogens is 474 g/mol. The molecule has 1 saturated carbocycles. The predicted octanol–water partition coefficient (Wildman–Crippen LogP) is 6.81. The van der Waals surface area contributed by atoms with E-state index in [1.165, 1.54) is 32.7 Å². The molecule has 5 rings (SSSR count). The lowest BCUT2D eigenvalue weighted by atomic mass is 9.85. The van der Waals surface area contributed by atoms with Gasteiger partial charge in [-0.2, -0.15) is 0 Å². The van der Waals surface area contributed by atoms with Crippen molar-refractivity contribution < 1.29 is 19.4 Å². The lowest BCUT2D eigenvalue weighted by Gasteiger charge is -2.38. The van der Waals surface area contributed by atoms with Gasteiger partial charge in [0.15, 0.2) is 0 Å². The van der Waals surface area contributed by atoms with Gasteiger partial charge in [0.1, 0.15) is 0 Å². The minimum Gasteiger partial charge on any atom is -0.465 e. The Labute approximate surface area is 226 Å². The molecule has 2 fully saturated rings. The van der Waals surface area contributed by atoms with Gasteiger partial charge in [-0.1, -0.05) is 78.9 Å². The van der Waals surface area contributed by atoms with Crippen LogP contribution in [-0.2, 0) is 22.3 Å². The molecule has 5 heteroatoms. The highest BCUT2D eigenvalue weighted by Crippen LogP contribution is 2.50. The van der Waals surface area contributed by atoms with Crippen LogP contribution in [0.25, 0.3) is 11.1 Å². The smallest absolute Gasteiger partial charge is 0.407 e. The van der Waals surface area contributed by atoms with Crippen molar-refractivity contribution in [2.45, 2.75) is 50.5 Å². The fourth-order valence-electron chi connectivity index (χ4n) is 5.84.